The molecule has 5 atom stereocenters. The highest BCUT2D eigenvalue weighted by Gasteiger charge is 2.50. The van der Waals surface area contributed by atoms with Crippen LogP contribution >= 0.6 is 0 Å². The van der Waals surface area contributed by atoms with Gasteiger partial charge in [0.25, 0.3) is 5.91 Å². The minimum atomic E-state index is -1.16. The number of nitrogens with zero attached hydrogens (tertiary/aromatic N) is 1. The highest BCUT2D eigenvalue weighted by atomic mass is 16.5. The van der Waals surface area contributed by atoms with E-state index in [1.165, 1.54) is 12.0 Å². The molecule has 2 saturated carbocycles. The maximum atomic E-state index is 14.3. The molecule has 242 valence electrons. The summed E-state index contributed by atoms with van der Waals surface area (Å²) < 4.78 is 5.02. The van der Waals surface area contributed by atoms with Crippen molar-refractivity contribution in [3.8, 4) is 0 Å². The lowest BCUT2D eigenvalue weighted by Gasteiger charge is -2.38. The first-order valence-electron chi connectivity index (χ1n) is 15.8. The van der Waals surface area contributed by atoms with Crippen LogP contribution in [0.4, 0.5) is 4.79 Å². The van der Waals surface area contributed by atoms with E-state index in [1.54, 1.807) is 0 Å². The van der Waals surface area contributed by atoms with Crippen LogP contribution in [0.5, 0.6) is 0 Å². The quantitative estimate of drug-likeness (QED) is 0.195. The number of amides is 5. The van der Waals surface area contributed by atoms with Gasteiger partial charge < -0.3 is 31.3 Å². The summed E-state index contributed by atoms with van der Waals surface area (Å²) in [6, 6.07) is -3.61. The van der Waals surface area contributed by atoms with Gasteiger partial charge in [-0.2, -0.15) is 0 Å². The van der Waals surface area contributed by atoms with Gasteiger partial charge in [-0.15, -0.1) is 0 Å². The Labute approximate surface area is 255 Å². The lowest BCUT2D eigenvalue weighted by molar-refractivity contribution is -0.149. The first-order valence-corrected chi connectivity index (χ1v) is 15.8. The number of carbonyl (C=O) groups excluding carboxylic acids is 6. The van der Waals surface area contributed by atoms with Crippen molar-refractivity contribution < 1.29 is 33.5 Å². The van der Waals surface area contributed by atoms with Crippen LogP contribution < -0.4 is 21.7 Å². The Bertz CT molecular complexity index is 1080. The van der Waals surface area contributed by atoms with Crippen molar-refractivity contribution in [3.05, 3.63) is 0 Å². The van der Waals surface area contributed by atoms with E-state index in [0.717, 1.165) is 38.5 Å². The molecule has 3 aliphatic rings. The summed E-state index contributed by atoms with van der Waals surface area (Å²) >= 11 is 0. The van der Waals surface area contributed by atoms with Gasteiger partial charge in [0.05, 0.1) is 13.2 Å². The zero-order chi connectivity index (χ0) is 32.1. The molecule has 1 heterocycles. The lowest BCUT2D eigenvalue weighted by Crippen LogP contribution is -2.64. The van der Waals surface area contributed by atoms with E-state index in [4.69, 9.17) is 10.5 Å². The topological polar surface area (TPSA) is 177 Å². The standard InChI is InChI=1S/C31H51N5O7/c1-7-19-17-36(22(20(19)8-2)26(39)33-21(16-18-12-13-18)23(37)25(32)38)27(40)24(30(3,4)5)34-29(42)35-31(28(41)43-6)14-10-9-11-15-31/h18-22,24H,7-17H2,1-6H3,(H2,32,38)(H,33,39)(H2,34,35,42)/t19-,20-,21?,22-,24+/m0/s1. The largest absolute Gasteiger partial charge is 0.467 e. The summed E-state index contributed by atoms with van der Waals surface area (Å²) in [5, 5.41) is 8.41. The summed E-state index contributed by atoms with van der Waals surface area (Å²) in [6.45, 7) is 9.74. The predicted molar refractivity (Wildman–Crippen MR) is 159 cm³/mol. The minimum Gasteiger partial charge on any atom is -0.467 e. The number of Topliss-reactive ketones (excluding diaryl/α,β-unsaturated/α-hetero) is 1. The van der Waals surface area contributed by atoms with Crippen LogP contribution in [0, 0.1) is 23.2 Å². The molecule has 0 spiro atoms. The number of carbonyl (C=O) groups is 6. The van der Waals surface area contributed by atoms with E-state index in [1.807, 2.05) is 34.6 Å². The van der Waals surface area contributed by atoms with Crippen LogP contribution in [0.2, 0.25) is 0 Å². The van der Waals surface area contributed by atoms with E-state index in [2.05, 4.69) is 16.0 Å². The fraction of sp³-hybridized carbons (Fsp3) is 0.806. The molecule has 0 aromatic carbocycles. The Morgan fingerprint density at radius 3 is 2.09 bits per heavy atom. The van der Waals surface area contributed by atoms with Crippen molar-refractivity contribution in [2.75, 3.05) is 13.7 Å². The van der Waals surface area contributed by atoms with Gasteiger partial charge in [-0.1, -0.05) is 79.6 Å². The Hall–Kier alpha value is -3.18. The number of ether oxygens (including phenoxy) is 1. The fourth-order valence-corrected chi connectivity index (χ4v) is 6.82. The van der Waals surface area contributed by atoms with Gasteiger partial charge in [0.1, 0.15) is 17.6 Å². The smallest absolute Gasteiger partial charge is 0.331 e. The number of likely N-dealkylation sites (tertiary alicyclic amines) is 1. The molecule has 1 saturated heterocycles. The Morgan fingerprint density at radius 2 is 1.60 bits per heavy atom. The van der Waals surface area contributed by atoms with Gasteiger partial charge in [-0.05, 0) is 42.4 Å². The number of rotatable bonds is 12. The van der Waals surface area contributed by atoms with Crippen LogP contribution in [0.25, 0.3) is 0 Å². The van der Waals surface area contributed by atoms with Gasteiger partial charge >= 0.3 is 12.0 Å². The molecule has 0 aromatic rings. The van der Waals surface area contributed by atoms with E-state index in [9.17, 15) is 28.8 Å². The summed E-state index contributed by atoms with van der Waals surface area (Å²) in [5.74, 6) is -3.30. The van der Waals surface area contributed by atoms with Crippen molar-refractivity contribution in [1.29, 1.82) is 0 Å². The first kappa shape index (κ1) is 34.3. The summed E-state index contributed by atoms with van der Waals surface area (Å²) in [5.41, 5.74) is 3.38. The molecule has 2 aliphatic carbocycles. The van der Waals surface area contributed by atoms with Crippen molar-refractivity contribution in [1.82, 2.24) is 20.9 Å². The molecule has 5 N–H and O–H groups in total. The van der Waals surface area contributed by atoms with Gasteiger partial charge in [0.2, 0.25) is 17.6 Å². The van der Waals surface area contributed by atoms with Crippen molar-refractivity contribution in [2.45, 2.75) is 122 Å². The van der Waals surface area contributed by atoms with Crippen molar-refractivity contribution in [2.24, 2.45) is 28.9 Å². The average molecular weight is 606 g/mol. The molecule has 3 rings (SSSR count). The van der Waals surface area contributed by atoms with Crippen LogP contribution in [-0.2, 0) is 28.7 Å². The number of urea groups is 1. The van der Waals surface area contributed by atoms with Crippen LogP contribution in [0.15, 0.2) is 0 Å². The van der Waals surface area contributed by atoms with E-state index < -0.39 is 64.6 Å². The molecule has 5 amide bonds. The molecule has 1 unspecified atom stereocenters. The highest BCUT2D eigenvalue weighted by molar-refractivity contribution is 6.37. The number of esters is 1. The number of methoxy groups -OCH3 is 1. The molecule has 3 fully saturated rings. The minimum absolute atomic E-state index is 0.0256. The van der Waals surface area contributed by atoms with Crippen LogP contribution in [-0.4, -0.2) is 77.7 Å². The van der Waals surface area contributed by atoms with Crippen molar-refractivity contribution >= 4 is 35.5 Å². The fourth-order valence-electron chi connectivity index (χ4n) is 6.82. The van der Waals surface area contributed by atoms with Gasteiger partial charge in [-0.25, -0.2) is 9.59 Å². The maximum Gasteiger partial charge on any atom is 0.331 e. The Balaban J connectivity index is 1.87. The monoisotopic (exact) mass is 605 g/mol. The third-order valence-electron chi connectivity index (χ3n) is 9.49. The maximum absolute atomic E-state index is 14.3. The van der Waals surface area contributed by atoms with E-state index in [0.29, 0.717) is 32.2 Å². The zero-order valence-corrected chi connectivity index (χ0v) is 26.6. The number of nitrogens with two attached hydrogens (primary N) is 1. The molecule has 12 nitrogen and oxygen atoms in total. The first-order chi connectivity index (χ1) is 20.2. The Morgan fingerprint density at radius 1 is 0.977 bits per heavy atom. The summed E-state index contributed by atoms with van der Waals surface area (Å²) in [6.07, 6.45) is 6.87. The van der Waals surface area contributed by atoms with Gasteiger partial charge in [-0.3, -0.25) is 19.2 Å². The molecule has 0 aromatic heterocycles. The molecular weight excluding hydrogens is 554 g/mol. The SMILES string of the molecule is CC[C@H]1CN(C(=O)[C@@H](NC(=O)NC2(C(=O)OC)CCCCC2)C(C)(C)C)[C@H](C(=O)NC(CC2CC2)C(=O)C(N)=O)[C@H]1CC. The number of hydrogen-bond donors (Lipinski definition) is 4. The second-order valence-electron chi connectivity index (χ2n) is 13.7. The summed E-state index contributed by atoms with van der Waals surface area (Å²) in [4.78, 5) is 80.2. The third kappa shape index (κ3) is 8.06. The summed E-state index contributed by atoms with van der Waals surface area (Å²) in [7, 11) is 1.29. The second-order valence-corrected chi connectivity index (χ2v) is 13.7. The predicted octanol–water partition coefficient (Wildman–Crippen LogP) is 2.18. The normalized spacial score (nSPS) is 24.8. The molecule has 0 bridgehead atoms. The second kappa shape index (κ2) is 14.1. The molecule has 12 heteroatoms. The van der Waals surface area contributed by atoms with E-state index >= 15 is 0 Å². The third-order valence-corrected chi connectivity index (χ3v) is 9.49. The van der Waals surface area contributed by atoms with Gasteiger partial charge in [0.15, 0.2) is 0 Å². The molecule has 43 heavy (non-hydrogen) atoms. The van der Waals surface area contributed by atoms with Gasteiger partial charge in [0, 0.05) is 6.54 Å². The molecule has 1 aliphatic heterocycles. The van der Waals surface area contributed by atoms with Crippen molar-refractivity contribution in [3.63, 3.8) is 0 Å². The lowest BCUT2D eigenvalue weighted by atomic mass is 9.81. The molecular formula is C31H51N5O7. The van der Waals surface area contributed by atoms with Crippen LogP contribution in [0.1, 0.15) is 98.8 Å². The number of primary amides is 1. The average Bonchev–Trinajstić information content (AvgIpc) is 3.70. The highest BCUT2D eigenvalue weighted by Crippen LogP contribution is 2.38. The van der Waals surface area contributed by atoms with E-state index in [-0.39, 0.29) is 17.8 Å². The Kier molecular flexibility index (Phi) is 11.2. The van der Waals surface area contributed by atoms with Crippen LogP contribution in [0.3, 0.4) is 0 Å². The zero-order valence-electron chi connectivity index (χ0n) is 26.6. The number of nitrogens with one attached hydrogen (secondary N) is 3. The number of hydrogen-bond acceptors (Lipinski definition) is 7. The number of ketones is 1. The molecule has 0 radical (unpaired) electrons.